The zero-order chi connectivity index (χ0) is 25.1. The normalized spacial score (nSPS) is 20.8. The number of nitrogens with two attached hydrogens (primary N) is 1. The first kappa shape index (κ1) is 24.3. The summed E-state index contributed by atoms with van der Waals surface area (Å²) in [4.78, 5) is 17.1. The van der Waals surface area contributed by atoms with Crippen molar-refractivity contribution in [2.24, 2.45) is 11.7 Å². The molecule has 12 heteroatoms. The molecule has 2 N–H and O–H groups in total. The van der Waals surface area contributed by atoms with Crippen LogP contribution in [0.2, 0.25) is 0 Å². The zero-order valence-corrected chi connectivity index (χ0v) is 20.0. The lowest BCUT2D eigenvalue weighted by atomic mass is 9.94. The highest BCUT2D eigenvalue weighted by Crippen LogP contribution is 2.31. The molecule has 0 amide bonds. The van der Waals surface area contributed by atoms with Gasteiger partial charge < -0.3 is 29.5 Å². The summed E-state index contributed by atoms with van der Waals surface area (Å²) in [5.41, 5.74) is 6.53. The van der Waals surface area contributed by atoms with Gasteiger partial charge in [0.2, 0.25) is 5.95 Å². The molecule has 1 aromatic carbocycles. The molecule has 2 atom stereocenters. The van der Waals surface area contributed by atoms with Crippen molar-refractivity contribution in [2.45, 2.75) is 31.4 Å². The van der Waals surface area contributed by atoms with E-state index in [0.717, 1.165) is 38.1 Å². The summed E-state index contributed by atoms with van der Waals surface area (Å²) in [5.74, 6) is 0.712. The van der Waals surface area contributed by atoms with Crippen LogP contribution in [-0.2, 0) is 11.3 Å². The van der Waals surface area contributed by atoms with Gasteiger partial charge >= 0.3 is 6.01 Å². The molecule has 4 heterocycles. The minimum Gasteiger partial charge on any atom is -0.490 e. The molecule has 192 valence electrons. The molecular formula is C24H29F2N7O3. The Labute approximate surface area is 207 Å². The van der Waals surface area contributed by atoms with Gasteiger partial charge in [-0.2, -0.15) is 4.98 Å². The van der Waals surface area contributed by atoms with Crippen LogP contribution in [0, 0.1) is 17.6 Å². The van der Waals surface area contributed by atoms with E-state index in [1.807, 2.05) is 4.90 Å². The van der Waals surface area contributed by atoms with Crippen LogP contribution in [-0.4, -0.2) is 66.0 Å². The lowest BCUT2D eigenvalue weighted by Crippen LogP contribution is -2.35. The molecule has 0 saturated carbocycles. The van der Waals surface area contributed by atoms with E-state index in [9.17, 15) is 8.78 Å². The van der Waals surface area contributed by atoms with Gasteiger partial charge in [0.15, 0.2) is 11.6 Å². The quantitative estimate of drug-likeness (QED) is 0.494. The van der Waals surface area contributed by atoms with E-state index in [4.69, 9.17) is 19.7 Å². The van der Waals surface area contributed by atoms with E-state index in [1.54, 1.807) is 19.5 Å². The Kier molecular flexibility index (Phi) is 7.23. The molecule has 0 aliphatic carbocycles. The molecule has 5 rings (SSSR count). The summed E-state index contributed by atoms with van der Waals surface area (Å²) < 4.78 is 44.2. The summed E-state index contributed by atoms with van der Waals surface area (Å²) in [6.45, 7) is 3.36. The maximum absolute atomic E-state index is 14.2. The number of anilines is 2. The monoisotopic (exact) mass is 501 g/mol. The average molecular weight is 502 g/mol. The molecule has 0 unspecified atom stereocenters. The Morgan fingerprint density at radius 3 is 2.64 bits per heavy atom. The Balaban J connectivity index is 1.11. The number of nitrogens with zero attached hydrogens (tertiary/aromatic N) is 6. The van der Waals surface area contributed by atoms with E-state index in [-0.39, 0.29) is 17.5 Å². The van der Waals surface area contributed by atoms with Crippen molar-refractivity contribution in [3.63, 3.8) is 0 Å². The first-order valence-corrected chi connectivity index (χ1v) is 12.0. The average Bonchev–Trinajstić information content (AvgIpc) is 3.52. The van der Waals surface area contributed by atoms with Crippen LogP contribution in [0.5, 0.6) is 5.75 Å². The van der Waals surface area contributed by atoms with Crippen molar-refractivity contribution in [1.82, 2.24) is 20.1 Å². The van der Waals surface area contributed by atoms with Gasteiger partial charge in [-0.3, -0.25) is 0 Å². The number of benzene rings is 1. The lowest BCUT2D eigenvalue weighted by molar-refractivity contribution is 0.174. The predicted octanol–water partition coefficient (Wildman–Crippen LogP) is 2.51. The van der Waals surface area contributed by atoms with Gasteiger partial charge in [0, 0.05) is 45.2 Å². The Bertz CT molecular complexity index is 1150. The third kappa shape index (κ3) is 5.39. The third-order valence-electron chi connectivity index (χ3n) is 6.72. The lowest BCUT2D eigenvalue weighted by Gasteiger charge is -2.30. The summed E-state index contributed by atoms with van der Waals surface area (Å²) in [5, 5.41) is 3.91. The predicted molar refractivity (Wildman–Crippen MR) is 127 cm³/mol. The molecule has 0 bridgehead atoms. The number of aromatic nitrogens is 4. The molecule has 0 radical (unpaired) electrons. The van der Waals surface area contributed by atoms with Crippen molar-refractivity contribution in [3.8, 4) is 5.75 Å². The fourth-order valence-electron chi connectivity index (χ4n) is 4.73. The van der Waals surface area contributed by atoms with Crippen LogP contribution < -0.4 is 20.3 Å². The first-order chi connectivity index (χ1) is 17.5. The van der Waals surface area contributed by atoms with Crippen LogP contribution in [0.25, 0.3) is 0 Å². The van der Waals surface area contributed by atoms with Crippen molar-refractivity contribution in [2.75, 3.05) is 49.7 Å². The molecule has 0 spiro atoms. The van der Waals surface area contributed by atoms with Gasteiger partial charge in [-0.05, 0) is 42.5 Å². The van der Waals surface area contributed by atoms with Crippen LogP contribution in [0.4, 0.5) is 20.7 Å². The molecule has 2 saturated heterocycles. The SMILES string of the molecule is COCc1noc(N2CCC(COc3cnc(N4C[C@H](c5cc(F)ccc5F)[C@@H](N)C4)nc3)CC2)n1. The minimum atomic E-state index is -0.480. The van der Waals surface area contributed by atoms with E-state index in [2.05, 4.69) is 25.0 Å². The molecule has 2 fully saturated rings. The maximum Gasteiger partial charge on any atom is 0.324 e. The van der Waals surface area contributed by atoms with E-state index in [0.29, 0.717) is 55.8 Å². The second-order valence-corrected chi connectivity index (χ2v) is 9.23. The second-order valence-electron chi connectivity index (χ2n) is 9.23. The van der Waals surface area contributed by atoms with E-state index >= 15 is 0 Å². The van der Waals surface area contributed by atoms with Gasteiger partial charge in [0.05, 0.1) is 19.0 Å². The fraction of sp³-hybridized carbons (Fsp3) is 0.500. The molecule has 10 nitrogen and oxygen atoms in total. The number of ether oxygens (including phenoxy) is 2. The van der Waals surface area contributed by atoms with Gasteiger partial charge in [0.25, 0.3) is 0 Å². The summed E-state index contributed by atoms with van der Waals surface area (Å²) in [6.07, 6.45) is 5.14. The number of hydrogen-bond donors (Lipinski definition) is 1. The van der Waals surface area contributed by atoms with Gasteiger partial charge in [-0.1, -0.05) is 5.16 Å². The van der Waals surface area contributed by atoms with Crippen LogP contribution in [0.1, 0.15) is 30.1 Å². The van der Waals surface area contributed by atoms with Crippen molar-refractivity contribution >= 4 is 12.0 Å². The largest absolute Gasteiger partial charge is 0.490 e. The number of piperidine rings is 1. The Morgan fingerprint density at radius 1 is 1.11 bits per heavy atom. The zero-order valence-electron chi connectivity index (χ0n) is 20.0. The highest BCUT2D eigenvalue weighted by atomic mass is 19.1. The standard InChI is InChI=1S/C24H29F2N7O3/c1-34-14-22-30-24(36-31-22)32-6-4-15(5-7-32)13-35-17-9-28-23(29-10-17)33-11-19(21(27)12-33)18-8-16(25)2-3-20(18)26/h2-3,8-10,15,19,21H,4-7,11-14,27H2,1H3/t19-,21+/m1/s1. The second kappa shape index (κ2) is 10.7. The van der Waals surface area contributed by atoms with Crippen LogP contribution in [0.3, 0.4) is 0 Å². The smallest absolute Gasteiger partial charge is 0.324 e. The minimum absolute atomic E-state index is 0.283. The molecule has 2 aliphatic rings. The molecule has 2 aromatic heterocycles. The Morgan fingerprint density at radius 2 is 1.89 bits per heavy atom. The van der Waals surface area contributed by atoms with Gasteiger partial charge in [-0.25, -0.2) is 18.7 Å². The number of rotatable bonds is 8. The molecule has 2 aliphatic heterocycles. The molecular weight excluding hydrogens is 472 g/mol. The fourth-order valence-corrected chi connectivity index (χ4v) is 4.73. The number of methoxy groups -OCH3 is 1. The van der Waals surface area contributed by atoms with E-state index < -0.39 is 11.6 Å². The van der Waals surface area contributed by atoms with Crippen LogP contribution >= 0.6 is 0 Å². The Hall–Kier alpha value is -3.38. The molecule has 36 heavy (non-hydrogen) atoms. The van der Waals surface area contributed by atoms with Crippen LogP contribution in [0.15, 0.2) is 35.1 Å². The van der Waals surface area contributed by atoms with Crippen molar-refractivity contribution < 1.29 is 22.8 Å². The van der Waals surface area contributed by atoms with Gasteiger partial charge in [0.1, 0.15) is 18.2 Å². The summed E-state index contributed by atoms with van der Waals surface area (Å²) in [6, 6.07) is 3.62. The topological polar surface area (TPSA) is 116 Å². The number of hydrogen-bond acceptors (Lipinski definition) is 10. The van der Waals surface area contributed by atoms with Gasteiger partial charge in [-0.15, -0.1) is 0 Å². The molecule has 3 aromatic rings. The highest BCUT2D eigenvalue weighted by molar-refractivity contribution is 5.39. The highest BCUT2D eigenvalue weighted by Gasteiger charge is 2.34. The maximum atomic E-state index is 14.2. The first-order valence-electron chi connectivity index (χ1n) is 12.0. The van der Waals surface area contributed by atoms with E-state index in [1.165, 1.54) is 6.07 Å². The van der Waals surface area contributed by atoms with Crippen molar-refractivity contribution in [1.29, 1.82) is 0 Å². The third-order valence-corrected chi connectivity index (χ3v) is 6.72. The number of halogens is 2. The summed E-state index contributed by atoms with van der Waals surface area (Å²) in [7, 11) is 1.59. The van der Waals surface area contributed by atoms with Crippen molar-refractivity contribution in [3.05, 3.63) is 53.6 Å². The summed E-state index contributed by atoms with van der Waals surface area (Å²) >= 11 is 0.